The molecule has 32 heavy (non-hydrogen) atoms. The minimum atomic E-state index is -3.94. The van der Waals surface area contributed by atoms with Crippen molar-refractivity contribution in [3.63, 3.8) is 0 Å². The minimum absolute atomic E-state index is 0.0504. The third-order valence-electron chi connectivity index (χ3n) is 4.95. The molecule has 0 saturated heterocycles. The third kappa shape index (κ3) is 4.67. The largest absolute Gasteiger partial charge is 0.419 e. The summed E-state index contributed by atoms with van der Waals surface area (Å²) in [7, 11) is -3.94. The lowest BCUT2D eigenvalue weighted by Gasteiger charge is -2.07. The molecule has 1 N–H and O–H groups in total. The van der Waals surface area contributed by atoms with Gasteiger partial charge in [0.1, 0.15) is 0 Å². The zero-order valence-electron chi connectivity index (χ0n) is 17.2. The van der Waals surface area contributed by atoms with Crippen molar-refractivity contribution in [3.8, 4) is 11.5 Å². The zero-order chi connectivity index (χ0) is 22.7. The topological polar surface area (TPSA) is 72.2 Å². The third-order valence-corrected chi connectivity index (χ3v) is 7.18. The highest BCUT2D eigenvalue weighted by Gasteiger charge is 2.29. The number of aromatic nitrogens is 1. The number of benzene rings is 3. The lowest BCUT2D eigenvalue weighted by molar-refractivity contribution is 0.577. The summed E-state index contributed by atoms with van der Waals surface area (Å²) >= 11 is 12.3. The molecule has 3 aromatic carbocycles. The van der Waals surface area contributed by atoms with Gasteiger partial charge >= 0.3 is 0 Å². The molecule has 4 aromatic rings. The number of nitrogens with one attached hydrogen (secondary N) is 1. The van der Waals surface area contributed by atoms with Gasteiger partial charge in [0.15, 0.2) is 0 Å². The maximum Gasteiger partial charge on any atom is 0.234 e. The van der Waals surface area contributed by atoms with Crippen LogP contribution >= 0.6 is 23.2 Å². The highest BCUT2D eigenvalue weighted by atomic mass is 35.5. The van der Waals surface area contributed by atoms with Crippen molar-refractivity contribution in [3.05, 3.63) is 94.0 Å². The monoisotopic (exact) mass is 486 g/mol. The Hall–Kier alpha value is -2.80. The first-order valence-corrected chi connectivity index (χ1v) is 12.2. The van der Waals surface area contributed by atoms with Crippen molar-refractivity contribution in [1.82, 2.24) is 4.98 Å². The van der Waals surface area contributed by atoms with Gasteiger partial charge in [0.2, 0.25) is 26.6 Å². The molecule has 1 heterocycles. The van der Waals surface area contributed by atoms with E-state index in [1.54, 1.807) is 42.5 Å². The van der Waals surface area contributed by atoms with Crippen LogP contribution in [0.5, 0.6) is 0 Å². The van der Waals surface area contributed by atoms with E-state index in [9.17, 15) is 8.42 Å². The maximum atomic E-state index is 13.4. The molecule has 0 radical (unpaired) electrons. The van der Waals surface area contributed by atoms with E-state index in [-0.39, 0.29) is 21.7 Å². The predicted molar refractivity (Wildman–Crippen MR) is 127 cm³/mol. The summed E-state index contributed by atoms with van der Waals surface area (Å²) in [4.78, 5) is 4.47. The minimum Gasteiger partial charge on any atom is -0.419 e. The molecule has 5 nitrogen and oxygen atoms in total. The molecule has 0 aliphatic carbocycles. The Morgan fingerprint density at radius 2 is 1.66 bits per heavy atom. The quantitative estimate of drug-likeness (QED) is 0.316. The number of nitrogens with zero attached hydrogens (tertiary/aromatic N) is 1. The van der Waals surface area contributed by atoms with Crippen LogP contribution in [0.1, 0.15) is 18.1 Å². The highest BCUT2D eigenvalue weighted by Crippen LogP contribution is 2.36. The van der Waals surface area contributed by atoms with E-state index >= 15 is 0 Å². The summed E-state index contributed by atoms with van der Waals surface area (Å²) in [5.41, 5.74) is 2.45. The number of anilines is 1. The Morgan fingerprint density at radius 3 is 2.31 bits per heavy atom. The molecule has 4 rings (SSSR count). The Morgan fingerprint density at radius 1 is 0.938 bits per heavy atom. The lowest BCUT2D eigenvalue weighted by Crippen LogP contribution is -2.07. The SMILES string of the molecule is CCc1ccc(S(=O)(=O)c2nc(-c3ccc(Cl)cc3Cl)oc2NCc2ccccc2)cc1. The van der Waals surface area contributed by atoms with E-state index in [2.05, 4.69) is 10.3 Å². The van der Waals surface area contributed by atoms with Gasteiger partial charge in [-0.05, 0) is 47.9 Å². The van der Waals surface area contributed by atoms with E-state index in [1.165, 1.54) is 0 Å². The lowest BCUT2D eigenvalue weighted by atomic mass is 10.2. The highest BCUT2D eigenvalue weighted by molar-refractivity contribution is 7.91. The number of oxazole rings is 1. The van der Waals surface area contributed by atoms with Crippen LogP contribution in [-0.2, 0) is 22.8 Å². The predicted octanol–water partition coefficient (Wildman–Crippen LogP) is 6.66. The van der Waals surface area contributed by atoms with Gasteiger partial charge in [-0.1, -0.05) is 72.6 Å². The van der Waals surface area contributed by atoms with Crippen molar-refractivity contribution in [2.75, 3.05) is 5.32 Å². The van der Waals surface area contributed by atoms with Gasteiger partial charge in [-0.15, -0.1) is 0 Å². The molecular formula is C24H20Cl2N2O3S. The summed E-state index contributed by atoms with van der Waals surface area (Å²) in [5.74, 6) is 0.139. The van der Waals surface area contributed by atoms with Crippen molar-refractivity contribution < 1.29 is 12.8 Å². The van der Waals surface area contributed by atoms with E-state index < -0.39 is 9.84 Å². The number of hydrogen-bond donors (Lipinski definition) is 1. The molecule has 0 atom stereocenters. The van der Waals surface area contributed by atoms with E-state index in [0.29, 0.717) is 22.2 Å². The van der Waals surface area contributed by atoms with Gasteiger partial charge in [-0.3, -0.25) is 0 Å². The molecule has 0 unspecified atom stereocenters. The summed E-state index contributed by atoms with van der Waals surface area (Å²) in [5, 5.41) is 3.64. The smallest absolute Gasteiger partial charge is 0.234 e. The van der Waals surface area contributed by atoms with Gasteiger partial charge in [0, 0.05) is 11.6 Å². The molecule has 0 aliphatic rings. The molecule has 0 bridgehead atoms. The second kappa shape index (κ2) is 9.36. The molecule has 8 heteroatoms. The first-order chi connectivity index (χ1) is 15.4. The summed E-state index contributed by atoms with van der Waals surface area (Å²) in [6.45, 7) is 2.37. The number of sulfone groups is 1. The van der Waals surface area contributed by atoms with Gasteiger partial charge < -0.3 is 9.73 Å². The van der Waals surface area contributed by atoms with E-state index in [1.807, 2.05) is 37.3 Å². The zero-order valence-corrected chi connectivity index (χ0v) is 19.5. The average molecular weight is 487 g/mol. The number of halogens is 2. The fourth-order valence-electron chi connectivity index (χ4n) is 3.17. The molecule has 0 saturated carbocycles. The summed E-state index contributed by atoms with van der Waals surface area (Å²) in [6.07, 6.45) is 0.813. The van der Waals surface area contributed by atoms with Gasteiger partial charge in [-0.2, -0.15) is 4.98 Å². The molecule has 164 valence electrons. The fourth-order valence-corrected chi connectivity index (χ4v) is 4.94. The van der Waals surface area contributed by atoms with Crippen LogP contribution in [0, 0.1) is 0 Å². The van der Waals surface area contributed by atoms with Gasteiger partial charge in [-0.25, -0.2) is 8.42 Å². The van der Waals surface area contributed by atoms with Crippen LogP contribution in [0.15, 0.2) is 87.1 Å². The molecule has 1 aromatic heterocycles. The van der Waals surface area contributed by atoms with Crippen LogP contribution in [0.3, 0.4) is 0 Å². The molecule has 0 amide bonds. The van der Waals surface area contributed by atoms with Crippen molar-refractivity contribution in [1.29, 1.82) is 0 Å². The Labute approximate surface area is 196 Å². The normalized spacial score (nSPS) is 11.5. The van der Waals surface area contributed by atoms with Crippen LogP contribution in [0.25, 0.3) is 11.5 Å². The van der Waals surface area contributed by atoms with Crippen LogP contribution in [-0.4, -0.2) is 13.4 Å². The van der Waals surface area contributed by atoms with Gasteiger partial charge in [0.25, 0.3) is 0 Å². The Balaban J connectivity index is 1.78. The summed E-state index contributed by atoms with van der Waals surface area (Å²) < 4.78 is 32.7. The standard InChI is InChI=1S/C24H20Cl2N2O3S/c1-2-16-8-11-19(12-9-16)32(29,30)24-23(27-15-17-6-4-3-5-7-17)31-22(28-24)20-13-10-18(25)14-21(20)26/h3-14,27H,2,15H2,1H3. The van der Waals surface area contributed by atoms with E-state index in [4.69, 9.17) is 27.6 Å². The second-order valence-electron chi connectivity index (χ2n) is 7.12. The van der Waals surface area contributed by atoms with Crippen LogP contribution < -0.4 is 5.32 Å². The molecule has 0 aliphatic heterocycles. The first-order valence-electron chi connectivity index (χ1n) is 9.96. The second-order valence-corrected chi connectivity index (χ2v) is 9.83. The Kier molecular flexibility index (Phi) is 6.55. The van der Waals surface area contributed by atoms with E-state index in [0.717, 1.165) is 17.5 Å². The average Bonchev–Trinajstić information content (AvgIpc) is 3.23. The molecular weight excluding hydrogens is 467 g/mol. The molecule has 0 fully saturated rings. The van der Waals surface area contributed by atoms with Crippen molar-refractivity contribution in [2.24, 2.45) is 0 Å². The van der Waals surface area contributed by atoms with Gasteiger partial charge in [0.05, 0.1) is 15.5 Å². The maximum absolute atomic E-state index is 13.4. The Bertz CT molecular complexity index is 1340. The van der Waals surface area contributed by atoms with Crippen molar-refractivity contribution >= 4 is 38.9 Å². The van der Waals surface area contributed by atoms with Crippen LogP contribution in [0.4, 0.5) is 5.88 Å². The first kappa shape index (κ1) is 22.4. The summed E-state index contributed by atoms with van der Waals surface area (Å²) in [6, 6.07) is 21.2. The number of rotatable bonds is 7. The van der Waals surface area contributed by atoms with Crippen molar-refractivity contribution in [2.45, 2.75) is 29.8 Å². The fraction of sp³-hybridized carbons (Fsp3) is 0.125. The molecule has 0 spiro atoms. The van der Waals surface area contributed by atoms with Crippen LogP contribution in [0.2, 0.25) is 10.0 Å². The number of aryl methyl sites for hydroxylation is 1. The number of hydrogen-bond acceptors (Lipinski definition) is 5.